The lowest BCUT2D eigenvalue weighted by atomic mass is 10.0. The van der Waals surface area contributed by atoms with Gasteiger partial charge in [0.05, 0.1) is 22.7 Å². The normalized spacial score (nSPS) is 10.7. The fourth-order valence-corrected chi connectivity index (χ4v) is 2.73. The third-order valence-electron chi connectivity index (χ3n) is 3.95. The van der Waals surface area contributed by atoms with Gasteiger partial charge in [-0.2, -0.15) is 0 Å². The number of fused-ring (bicyclic) bond motifs is 1. The molecule has 0 bridgehead atoms. The van der Waals surface area contributed by atoms with E-state index in [-0.39, 0.29) is 0 Å². The van der Waals surface area contributed by atoms with Gasteiger partial charge >= 0.3 is 0 Å². The van der Waals surface area contributed by atoms with Gasteiger partial charge < -0.3 is 19.6 Å². The molecule has 120 valence electrons. The molecule has 0 heterocycles. The second-order valence-electron chi connectivity index (χ2n) is 6.61. The maximum atomic E-state index is 2.27. The first kappa shape index (κ1) is 16.3. The predicted molar refractivity (Wildman–Crippen MR) is 101 cm³/mol. The molecule has 0 saturated carbocycles. The Morgan fingerprint density at radius 2 is 0.591 bits per heavy atom. The van der Waals surface area contributed by atoms with Gasteiger partial charge in [0.1, 0.15) is 0 Å². The van der Waals surface area contributed by atoms with E-state index in [1.807, 2.05) is 0 Å². The molecule has 4 nitrogen and oxygen atoms in total. The Bertz CT molecular complexity index is 559. The fraction of sp³-hybridized carbons (Fsp3) is 0.444. The van der Waals surface area contributed by atoms with E-state index in [1.54, 1.807) is 0 Å². The minimum Gasteiger partial charge on any atom is -0.376 e. The highest BCUT2D eigenvalue weighted by Gasteiger charge is 2.13. The van der Waals surface area contributed by atoms with Gasteiger partial charge in [-0.25, -0.2) is 0 Å². The van der Waals surface area contributed by atoms with E-state index >= 15 is 0 Å². The first-order chi connectivity index (χ1) is 10.2. The summed E-state index contributed by atoms with van der Waals surface area (Å²) < 4.78 is 0. The van der Waals surface area contributed by atoms with Crippen molar-refractivity contribution in [2.24, 2.45) is 0 Å². The van der Waals surface area contributed by atoms with Crippen molar-refractivity contribution in [3.63, 3.8) is 0 Å². The molecule has 0 aromatic heterocycles. The summed E-state index contributed by atoms with van der Waals surface area (Å²) in [6.45, 7) is 0. The second kappa shape index (κ2) is 5.95. The van der Waals surface area contributed by atoms with Crippen LogP contribution < -0.4 is 19.6 Å². The topological polar surface area (TPSA) is 13.0 Å². The summed E-state index contributed by atoms with van der Waals surface area (Å²) >= 11 is 0. The van der Waals surface area contributed by atoms with Gasteiger partial charge in [-0.05, 0) is 35.0 Å². The standard InChI is InChI=1S/C18H28N4/c1-19(2)15-9-13-11-17(21(5)6)18(22(7)8)12-14(13)10-16(15)20(3)4/h9-12H,1-8H3. The van der Waals surface area contributed by atoms with Crippen molar-refractivity contribution in [3.05, 3.63) is 24.3 Å². The SMILES string of the molecule is CN(C)c1cc2cc(N(C)C)c(N(C)C)cc2cc1N(C)C. The monoisotopic (exact) mass is 300 g/mol. The first-order valence-corrected chi connectivity index (χ1v) is 7.53. The first-order valence-electron chi connectivity index (χ1n) is 7.53. The summed E-state index contributed by atoms with van der Waals surface area (Å²) in [4.78, 5) is 8.68. The van der Waals surface area contributed by atoms with Crippen molar-refractivity contribution < 1.29 is 0 Å². The smallest absolute Gasteiger partial charge is 0.0605 e. The van der Waals surface area contributed by atoms with Crippen LogP contribution in [0.1, 0.15) is 0 Å². The molecule has 0 atom stereocenters. The van der Waals surface area contributed by atoms with Crippen molar-refractivity contribution >= 4 is 33.5 Å². The summed E-state index contributed by atoms with van der Waals surface area (Å²) in [5, 5.41) is 2.53. The van der Waals surface area contributed by atoms with Crippen LogP contribution in [0.3, 0.4) is 0 Å². The van der Waals surface area contributed by atoms with E-state index in [9.17, 15) is 0 Å². The van der Waals surface area contributed by atoms with Crippen LogP contribution in [0, 0.1) is 0 Å². The van der Waals surface area contributed by atoms with Gasteiger partial charge in [-0.3, -0.25) is 0 Å². The second-order valence-corrected chi connectivity index (χ2v) is 6.61. The van der Waals surface area contributed by atoms with Crippen molar-refractivity contribution in [3.8, 4) is 0 Å². The van der Waals surface area contributed by atoms with Crippen molar-refractivity contribution in [2.75, 3.05) is 76.0 Å². The lowest BCUT2D eigenvalue weighted by Gasteiger charge is -2.26. The molecule has 22 heavy (non-hydrogen) atoms. The zero-order valence-corrected chi connectivity index (χ0v) is 15.1. The van der Waals surface area contributed by atoms with Crippen LogP contribution >= 0.6 is 0 Å². The molecule has 2 aromatic carbocycles. The Morgan fingerprint density at radius 3 is 0.727 bits per heavy atom. The molecular formula is C18H28N4. The van der Waals surface area contributed by atoms with E-state index in [0.29, 0.717) is 0 Å². The Hall–Kier alpha value is -2.10. The quantitative estimate of drug-likeness (QED) is 0.860. The molecule has 0 saturated heterocycles. The average molecular weight is 300 g/mol. The summed E-state index contributed by atoms with van der Waals surface area (Å²) in [6.07, 6.45) is 0. The molecule has 0 fully saturated rings. The minimum atomic E-state index is 1.24. The zero-order valence-electron chi connectivity index (χ0n) is 15.1. The summed E-state index contributed by atoms with van der Waals surface area (Å²) in [5.74, 6) is 0. The van der Waals surface area contributed by atoms with Gasteiger partial charge in [0.25, 0.3) is 0 Å². The predicted octanol–water partition coefficient (Wildman–Crippen LogP) is 3.10. The van der Waals surface area contributed by atoms with Gasteiger partial charge in [-0.15, -0.1) is 0 Å². The number of hydrogen-bond acceptors (Lipinski definition) is 4. The third-order valence-corrected chi connectivity index (χ3v) is 3.95. The molecule has 2 aromatic rings. The number of benzene rings is 2. The van der Waals surface area contributed by atoms with E-state index in [0.717, 1.165) is 0 Å². The molecule has 0 aliphatic carbocycles. The number of hydrogen-bond donors (Lipinski definition) is 0. The van der Waals surface area contributed by atoms with Crippen molar-refractivity contribution in [1.29, 1.82) is 0 Å². The van der Waals surface area contributed by atoms with Crippen LogP contribution in [0.25, 0.3) is 10.8 Å². The maximum absolute atomic E-state index is 2.27. The Morgan fingerprint density at radius 1 is 0.409 bits per heavy atom. The van der Waals surface area contributed by atoms with Crippen molar-refractivity contribution in [1.82, 2.24) is 0 Å². The maximum Gasteiger partial charge on any atom is 0.0605 e. The fourth-order valence-electron chi connectivity index (χ4n) is 2.73. The van der Waals surface area contributed by atoms with Crippen LogP contribution in [-0.4, -0.2) is 56.4 Å². The van der Waals surface area contributed by atoms with Crippen LogP contribution in [0.4, 0.5) is 22.7 Å². The zero-order chi connectivity index (χ0) is 16.6. The van der Waals surface area contributed by atoms with Gasteiger partial charge in [-0.1, -0.05) is 0 Å². The average Bonchev–Trinajstić information content (AvgIpc) is 2.43. The summed E-state index contributed by atoms with van der Waals surface area (Å²) in [6, 6.07) is 9.10. The number of nitrogens with zero attached hydrogens (tertiary/aromatic N) is 4. The summed E-state index contributed by atoms with van der Waals surface area (Å²) in [7, 11) is 16.7. The Kier molecular flexibility index (Phi) is 4.40. The molecule has 0 spiro atoms. The molecule has 0 aliphatic heterocycles. The highest BCUT2D eigenvalue weighted by Crippen LogP contribution is 2.37. The Labute approximate surface area is 134 Å². The third kappa shape index (κ3) is 2.91. The van der Waals surface area contributed by atoms with Gasteiger partial charge in [0.15, 0.2) is 0 Å². The molecule has 0 amide bonds. The molecule has 0 radical (unpaired) electrons. The molecule has 4 heteroatoms. The van der Waals surface area contributed by atoms with E-state index in [1.165, 1.54) is 33.5 Å². The number of rotatable bonds is 4. The lowest BCUT2D eigenvalue weighted by Crippen LogP contribution is -2.18. The molecular weight excluding hydrogens is 272 g/mol. The summed E-state index contributed by atoms with van der Waals surface area (Å²) in [5.41, 5.74) is 4.94. The van der Waals surface area contributed by atoms with Crippen LogP contribution in [-0.2, 0) is 0 Å². The van der Waals surface area contributed by atoms with Gasteiger partial charge in [0, 0.05) is 56.4 Å². The highest BCUT2D eigenvalue weighted by molar-refractivity contribution is 5.98. The minimum absolute atomic E-state index is 1.24. The van der Waals surface area contributed by atoms with E-state index in [4.69, 9.17) is 0 Å². The Balaban J connectivity index is 2.78. The molecule has 0 unspecified atom stereocenters. The molecule has 0 aliphatic rings. The van der Waals surface area contributed by atoms with Crippen molar-refractivity contribution in [2.45, 2.75) is 0 Å². The van der Waals surface area contributed by atoms with E-state index in [2.05, 4.69) is 100 Å². The number of anilines is 4. The van der Waals surface area contributed by atoms with Crippen LogP contribution in [0.2, 0.25) is 0 Å². The highest BCUT2D eigenvalue weighted by atomic mass is 15.1. The van der Waals surface area contributed by atoms with Crippen LogP contribution in [0.5, 0.6) is 0 Å². The van der Waals surface area contributed by atoms with Crippen LogP contribution in [0.15, 0.2) is 24.3 Å². The molecule has 2 rings (SSSR count). The largest absolute Gasteiger partial charge is 0.376 e. The lowest BCUT2D eigenvalue weighted by molar-refractivity contribution is 1.07. The van der Waals surface area contributed by atoms with E-state index < -0.39 is 0 Å². The van der Waals surface area contributed by atoms with Gasteiger partial charge in [0.2, 0.25) is 0 Å². The molecule has 0 N–H and O–H groups in total.